The minimum atomic E-state index is -0.641. The standard InChI is InChI=1S/C45H49FN2O4/c1-7-9-14-32(8-2)27-48-40-20-19-33(43(47-52-31(6)49)36-17-12-13-18-41(36)51-22-21-46)25-37(40)38-26-39(34-15-10-11-16-35(34)44(38)48)45(50)42-29(4)23-28(3)24-30(42)5/h10-13,15-20,23-26,32,37,40H,7-9,14,21-22,27H2,1-6H3/b47-43-. The highest BCUT2D eigenvalue weighted by atomic mass is 19.1. The van der Waals surface area contributed by atoms with E-state index >= 15 is 0 Å². The van der Waals surface area contributed by atoms with E-state index in [-0.39, 0.29) is 24.3 Å². The molecule has 0 bridgehead atoms. The van der Waals surface area contributed by atoms with Crippen molar-refractivity contribution in [1.29, 1.82) is 0 Å². The van der Waals surface area contributed by atoms with Crippen LogP contribution in [-0.4, -0.2) is 43.3 Å². The van der Waals surface area contributed by atoms with Crippen LogP contribution in [0.5, 0.6) is 5.75 Å². The summed E-state index contributed by atoms with van der Waals surface area (Å²) in [5.74, 6) is 0.287. The van der Waals surface area contributed by atoms with Gasteiger partial charge in [0, 0.05) is 52.7 Å². The number of halogens is 1. The molecule has 6 nitrogen and oxygen atoms in total. The van der Waals surface area contributed by atoms with Gasteiger partial charge in [0.25, 0.3) is 0 Å². The minimum absolute atomic E-state index is 0.000890. The van der Waals surface area contributed by atoms with E-state index in [1.807, 2.05) is 44.2 Å². The number of nitrogens with zero attached hydrogens (tertiary/aromatic N) is 2. The summed E-state index contributed by atoms with van der Waals surface area (Å²) < 4.78 is 19.0. The zero-order chi connectivity index (χ0) is 36.9. The number of benzene rings is 4. The highest BCUT2D eigenvalue weighted by molar-refractivity contribution is 6.20. The number of hydrogen-bond donors (Lipinski definition) is 0. The van der Waals surface area contributed by atoms with Crippen LogP contribution in [0.25, 0.3) is 10.8 Å². The van der Waals surface area contributed by atoms with E-state index in [0.717, 1.165) is 75.7 Å². The average Bonchev–Trinajstić information content (AvgIpc) is 3.44. The van der Waals surface area contributed by atoms with Crippen molar-refractivity contribution in [2.24, 2.45) is 11.1 Å². The normalized spacial score (nSPS) is 17.1. The Labute approximate surface area is 307 Å². The van der Waals surface area contributed by atoms with E-state index in [1.165, 1.54) is 13.3 Å². The topological polar surface area (TPSA) is 68.2 Å². The first-order chi connectivity index (χ1) is 25.2. The monoisotopic (exact) mass is 700 g/mol. The fourth-order valence-corrected chi connectivity index (χ4v) is 8.08. The van der Waals surface area contributed by atoms with Gasteiger partial charge in [0.1, 0.15) is 24.7 Å². The molecule has 270 valence electrons. The van der Waals surface area contributed by atoms with Gasteiger partial charge in [-0.15, -0.1) is 0 Å². The largest absolute Gasteiger partial charge is 0.490 e. The number of ether oxygens (including phenoxy) is 1. The summed E-state index contributed by atoms with van der Waals surface area (Å²) >= 11 is 0. The summed E-state index contributed by atoms with van der Waals surface area (Å²) in [6, 6.07) is 21.8. The van der Waals surface area contributed by atoms with E-state index in [0.29, 0.717) is 28.5 Å². The third-order valence-electron chi connectivity index (χ3n) is 10.4. The van der Waals surface area contributed by atoms with Crippen molar-refractivity contribution in [3.05, 3.63) is 129 Å². The Kier molecular flexibility index (Phi) is 11.4. The molecule has 1 aliphatic carbocycles. The maximum Gasteiger partial charge on any atom is 0.332 e. The number of unbranched alkanes of at least 4 members (excludes halogenated alkanes) is 1. The van der Waals surface area contributed by atoms with Crippen molar-refractivity contribution >= 4 is 33.9 Å². The van der Waals surface area contributed by atoms with Crippen molar-refractivity contribution in [2.45, 2.75) is 79.2 Å². The predicted octanol–water partition coefficient (Wildman–Crippen LogP) is 10.3. The first-order valence-electron chi connectivity index (χ1n) is 18.6. The fraction of sp³-hybridized carbons (Fsp3) is 0.356. The number of carbonyl (C=O) groups excluding carboxylic acids is 2. The smallest absolute Gasteiger partial charge is 0.332 e. The van der Waals surface area contributed by atoms with Crippen molar-refractivity contribution in [3.8, 4) is 5.75 Å². The number of rotatable bonds is 14. The number of aryl methyl sites for hydroxylation is 3. The van der Waals surface area contributed by atoms with Gasteiger partial charge in [-0.05, 0) is 73.4 Å². The molecular formula is C45H49FN2O4. The molecule has 6 rings (SSSR count). The lowest BCUT2D eigenvalue weighted by Crippen LogP contribution is -2.37. The maximum absolute atomic E-state index is 14.7. The Morgan fingerprint density at radius 2 is 1.65 bits per heavy atom. The molecule has 1 aliphatic heterocycles. The predicted molar refractivity (Wildman–Crippen MR) is 209 cm³/mol. The van der Waals surface area contributed by atoms with E-state index in [9.17, 15) is 14.0 Å². The number of fused-ring (bicyclic) bond motifs is 5. The first-order valence-corrected chi connectivity index (χ1v) is 18.6. The zero-order valence-corrected chi connectivity index (χ0v) is 31.2. The lowest BCUT2D eigenvalue weighted by atomic mass is 9.83. The van der Waals surface area contributed by atoms with Crippen LogP contribution in [0.3, 0.4) is 0 Å². The summed E-state index contributed by atoms with van der Waals surface area (Å²) in [5.41, 5.74) is 8.48. The van der Waals surface area contributed by atoms with Crippen molar-refractivity contribution in [1.82, 2.24) is 0 Å². The molecule has 3 unspecified atom stereocenters. The fourth-order valence-electron chi connectivity index (χ4n) is 8.08. The van der Waals surface area contributed by atoms with Crippen LogP contribution in [0.1, 0.15) is 96.1 Å². The van der Waals surface area contributed by atoms with Crippen LogP contribution in [0.4, 0.5) is 10.1 Å². The third kappa shape index (κ3) is 7.32. The van der Waals surface area contributed by atoms with Gasteiger partial charge in [-0.3, -0.25) is 4.79 Å². The van der Waals surface area contributed by atoms with Crippen LogP contribution in [0.15, 0.2) is 95.7 Å². The summed E-state index contributed by atoms with van der Waals surface area (Å²) in [6.07, 6.45) is 11.0. The molecule has 3 atom stereocenters. The molecule has 0 fully saturated rings. The van der Waals surface area contributed by atoms with Gasteiger partial charge in [-0.25, -0.2) is 9.18 Å². The Balaban J connectivity index is 1.56. The van der Waals surface area contributed by atoms with E-state index in [2.05, 4.69) is 79.4 Å². The zero-order valence-electron chi connectivity index (χ0n) is 31.2. The number of alkyl halides is 1. The van der Waals surface area contributed by atoms with Gasteiger partial charge in [0.15, 0.2) is 5.78 Å². The lowest BCUT2D eigenvalue weighted by molar-refractivity contribution is -0.140. The molecule has 7 heteroatoms. The van der Waals surface area contributed by atoms with Gasteiger partial charge in [-0.2, -0.15) is 0 Å². The van der Waals surface area contributed by atoms with Crippen LogP contribution in [-0.2, 0) is 9.63 Å². The molecule has 0 saturated heterocycles. The second-order valence-electron chi connectivity index (χ2n) is 14.1. The molecule has 2 aliphatic rings. The number of carbonyl (C=O) groups is 2. The van der Waals surface area contributed by atoms with E-state index < -0.39 is 12.6 Å². The van der Waals surface area contributed by atoms with Gasteiger partial charge in [0.2, 0.25) is 0 Å². The lowest BCUT2D eigenvalue weighted by Gasteiger charge is -2.33. The Morgan fingerprint density at radius 3 is 2.35 bits per heavy atom. The highest BCUT2D eigenvalue weighted by Crippen LogP contribution is 2.50. The van der Waals surface area contributed by atoms with Crippen molar-refractivity contribution in [3.63, 3.8) is 0 Å². The molecule has 0 saturated carbocycles. The second-order valence-corrected chi connectivity index (χ2v) is 14.1. The molecule has 52 heavy (non-hydrogen) atoms. The molecule has 1 heterocycles. The van der Waals surface area contributed by atoms with Crippen LogP contribution >= 0.6 is 0 Å². The second kappa shape index (κ2) is 16.1. The summed E-state index contributed by atoms with van der Waals surface area (Å²) in [6.45, 7) is 12.0. The number of ketones is 1. The van der Waals surface area contributed by atoms with Crippen LogP contribution in [0, 0.1) is 26.7 Å². The van der Waals surface area contributed by atoms with Gasteiger partial charge in [0.05, 0.1) is 6.04 Å². The highest BCUT2D eigenvalue weighted by Gasteiger charge is 2.41. The number of oxime groups is 1. The summed E-state index contributed by atoms with van der Waals surface area (Å²) in [4.78, 5) is 34.5. The molecule has 0 amide bonds. The van der Waals surface area contributed by atoms with Gasteiger partial charge >= 0.3 is 5.97 Å². The van der Waals surface area contributed by atoms with Crippen LogP contribution in [0.2, 0.25) is 0 Å². The molecular weight excluding hydrogens is 652 g/mol. The minimum Gasteiger partial charge on any atom is -0.490 e. The van der Waals surface area contributed by atoms with Crippen molar-refractivity contribution in [2.75, 3.05) is 24.7 Å². The molecule has 0 spiro atoms. The molecule has 0 radical (unpaired) electrons. The first kappa shape index (κ1) is 36.7. The maximum atomic E-state index is 14.7. The summed E-state index contributed by atoms with van der Waals surface area (Å²) in [7, 11) is 0. The molecule has 4 aromatic carbocycles. The third-order valence-corrected chi connectivity index (χ3v) is 10.4. The Morgan fingerprint density at radius 1 is 0.942 bits per heavy atom. The van der Waals surface area contributed by atoms with E-state index in [1.54, 1.807) is 6.07 Å². The molecule has 4 aromatic rings. The number of anilines is 1. The number of hydrogen-bond acceptors (Lipinski definition) is 6. The van der Waals surface area contributed by atoms with Gasteiger partial charge < -0.3 is 14.5 Å². The average molecular weight is 701 g/mol. The molecule has 0 N–H and O–H groups in total. The quantitative estimate of drug-likeness (QED) is 0.0567. The number of allylic oxidation sites excluding steroid dienone is 2. The Hall–Kier alpha value is -5.04. The molecule has 0 aromatic heterocycles. The van der Waals surface area contributed by atoms with Crippen molar-refractivity contribution < 1.29 is 23.6 Å². The summed E-state index contributed by atoms with van der Waals surface area (Å²) in [5, 5.41) is 6.35. The number of para-hydroxylation sites is 1. The van der Waals surface area contributed by atoms with E-state index in [4.69, 9.17) is 9.57 Å². The van der Waals surface area contributed by atoms with Crippen LogP contribution < -0.4 is 9.64 Å². The SMILES string of the molecule is CCCCC(CC)CN1c2c(cc(C(=O)c3c(C)cc(C)cc3C)c3ccccc23)C2C=C(/C(=N/OC(C)=O)c3ccccc3OCCF)C=CC21. The Bertz CT molecular complexity index is 2060. The van der Waals surface area contributed by atoms with Gasteiger partial charge in [-0.1, -0.05) is 111 Å².